The van der Waals surface area contributed by atoms with E-state index in [-0.39, 0.29) is 19.1 Å². The standard InChI is InChI=1S/C17H18N2O4/c18-16(20)11-23-15-8-6-14(7-9-15)19-17(21)12-22-10-13-4-2-1-3-5-13/h1-9H,10-12H2,(H2,18,20)(H,19,21). The summed E-state index contributed by atoms with van der Waals surface area (Å²) in [5.74, 6) is -0.285. The van der Waals surface area contributed by atoms with E-state index in [1.54, 1.807) is 24.3 Å². The fraction of sp³-hybridized carbons (Fsp3) is 0.176. The molecule has 0 heterocycles. The third kappa shape index (κ3) is 6.19. The summed E-state index contributed by atoms with van der Waals surface area (Å²) in [4.78, 5) is 22.4. The summed E-state index contributed by atoms with van der Waals surface area (Å²) in [6.45, 7) is 0.169. The lowest BCUT2D eigenvalue weighted by Crippen LogP contribution is -2.20. The predicted molar refractivity (Wildman–Crippen MR) is 85.9 cm³/mol. The first-order valence-corrected chi connectivity index (χ1v) is 7.06. The van der Waals surface area contributed by atoms with Gasteiger partial charge in [-0.25, -0.2) is 0 Å². The highest BCUT2D eigenvalue weighted by atomic mass is 16.5. The van der Waals surface area contributed by atoms with Gasteiger partial charge in [-0.15, -0.1) is 0 Å². The molecule has 0 saturated carbocycles. The molecule has 120 valence electrons. The number of nitrogens with two attached hydrogens (primary N) is 1. The molecule has 6 heteroatoms. The molecule has 0 unspecified atom stereocenters. The van der Waals surface area contributed by atoms with Crippen LogP contribution in [0.5, 0.6) is 5.75 Å². The maximum Gasteiger partial charge on any atom is 0.255 e. The van der Waals surface area contributed by atoms with Crippen molar-refractivity contribution in [3.05, 3.63) is 60.2 Å². The van der Waals surface area contributed by atoms with Gasteiger partial charge in [-0.05, 0) is 29.8 Å². The van der Waals surface area contributed by atoms with Gasteiger partial charge in [-0.2, -0.15) is 0 Å². The van der Waals surface area contributed by atoms with E-state index in [4.69, 9.17) is 15.2 Å². The summed E-state index contributed by atoms with van der Waals surface area (Å²) >= 11 is 0. The quantitative estimate of drug-likeness (QED) is 0.776. The van der Waals surface area contributed by atoms with E-state index in [1.807, 2.05) is 30.3 Å². The monoisotopic (exact) mass is 314 g/mol. The Kier molecular flexibility index (Phi) is 6.14. The summed E-state index contributed by atoms with van der Waals surface area (Å²) in [5, 5.41) is 2.71. The molecule has 0 aliphatic carbocycles. The van der Waals surface area contributed by atoms with Crippen molar-refractivity contribution in [3.8, 4) is 5.75 Å². The fourth-order valence-corrected chi connectivity index (χ4v) is 1.82. The number of primary amides is 1. The molecule has 23 heavy (non-hydrogen) atoms. The Morgan fingerprint density at radius 1 is 0.957 bits per heavy atom. The van der Waals surface area contributed by atoms with Crippen molar-refractivity contribution in [1.82, 2.24) is 0 Å². The number of hydrogen-bond donors (Lipinski definition) is 2. The topological polar surface area (TPSA) is 90.7 Å². The Hall–Kier alpha value is -2.86. The molecule has 2 aromatic carbocycles. The first-order valence-electron chi connectivity index (χ1n) is 7.06. The number of ether oxygens (including phenoxy) is 2. The summed E-state index contributed by atoms with van der Waals surface area (Å²) in [6.07, 6.45) is 0. The minimum atomic E-state index is -0.544. The normalized spacial score (nSPS) is 10.1. The van der Waals surface area contributed by atoms with Gasteiger partial charge in [0.25, 0.3) is 5.91 Å². The molecule has 0 bridgehead atoms. The van der Waals surface area contributed by atoms with E-state index in [0.717, 1.165) is 5.56 Å². The van der Waals surface area contributed by atoms with E-state index >= 15 is 0 Å². The molecule has 0 radical (unpaired) electrons. The smallest absolute Gasteiger partial charge is 0.255 e. The summed E-state index contributed by atoms with van der Waals surface area (Å²) in [6, 6.07) is 16.3. The number of nitrogens with one attached hydrogen (secondary N) is 1. The fourth-order valence-electron chi connectivity index (χ4n) is 1.82. The van der Waals surface area contributed by atoms with Crippen LogP contribution in [-0.2, 0) is 20.9 Å². The SMILES string of the molecule is NC(=O)COc1ccc(NC(=O)COCc2ccccc2)cc1. The Morgan fingerprint density at radius 2 is 1.65 bits per heavy atom. The average molecular weight is 314 g/mol. The van der Waals surface area contributed by atoms with Crippen LogP contribution in [0.2, 0.25) is 0 Å². The van der Waals surface area contributed by atoms with Gasteiger partial charge in [-0.1, -0.05) is 30.3 Å². The van der Waals surface area contributed by atoms with Crippen molar-refractivity contribution >= 4 is 17.5 Å². The van der Waals surface area contributed by atoms with Crippen molar-refractivity contribution in [2.24, 2.45) is 5.73 Å². The third-order valence-corrected chi connectivity index (χ3v) is 2.86. The minimum Gasteiger partial charge on any atom is -0.484 e. The predicted octanol–water partition coefficient (Wildman–Crippen LogP) is 1.71. The Bertz CT molecular complexity index is 641. The number of anilines is 1. The van der Waals surface area contributed by atoms with Crippen molar-refractivity contribution in [3.63, 3.8) is 0 Å². The maximum atomic E-state index is 11.8. The Balaban J connectivity index is 1.73. The molecule has 2 rings (SSSR count). The lowest BCUT2D eigenvalue weighted by molar-refractivity contribution is -0.121. The van der Waals surface area contributed by atoms with Crippen LogP contribution in [0.25, 0.3) is 0 Å². The van der Waals surface area contributed by atoms with Crippen molar-refractivity contribution in [2.45, 2.75) is 6.61 Å². The Labute approximate surface area is 134 Å². The molecule has 3 N–H and O–H groups in total. The number of rotatable bonds is 8. The molecule has 0 aliphatic rings. The molecule has 2 aromatic rings. The van der Waals surface area contributed by atoms with Crippen molar-refractivity contribution < 1.29 is 19.1 Å². The largest absolute Gasteiger partial charge is 0.484 e. The number of amides is 2. The van der Waals surface area contributed by atoms with Crippen LogP contribution >= 0.6 is 0 Å². The molecule has 0 aromatic heterocycles. The van der Waals surface area contributed by atoms with Gasteiger partial charge in [0.2, 0.25) is 5.91 Å². The van der Waals surface area contributed by atoms with Gasteiger partial charge in [0, 0.05) is 5.69 Å². The third-order valence-electron chi connectivity index (χ3n) is 2.86. The lowest BCUT2D eigenvalue weighted by Gasteiger charge is -2.08. The number of carbonyl (C=O) groups is 2. The molecular formula is C17H18N2O4. The first-order chi connectivity index (χ1) is 11.1. The van der Waals surface area contributed by atoms with Crippen LogP contribution < -0.4 is 15.8 Å². The molecule has 0 spiro atoms. The van der Waals surface area contributed by atoms with Crippen LogP contribution in [0.15, 0.2) is 54.6 Å². The number of carbonyl (C=O) groups excluding carboxylic acids is 2. The van der Waals surface area contributed by atoms with Gasteiger partial charge in [0.1, 0.15) is 12.4 Å². The van der Waals surface area contributed by atoms with E-state index in [1.165, 1.54) is 0 Å². The minimum absolute atomic E-state index is 0.0329. The van der Waals surface area contributed by atoms with Crippen molar-refractivity contribution in [2.75, 3.05) is 18.5 Å². The van der Waals surface area contributed by atoms with Gasteiger partial charge in [0.05, 0.1) is 6.61 Å². The van der Waals surface area contributed by atoms with Gasteiger partial charge in [-0.3, -0.25) is 9.59 Å². The molecule has 6 nitrogen and oxygen atoms in total. The van der Waals surface area contributed by atoms with Crippen LogP contribution in [0.4, 0.5) is 5.69 Å². The molecular weight excluding hydrogens is 296 g/mol. The van der Waals surface area contributed by atoms with Crippen LogP contribution in [0.3, 0.4) is 0 Å². The van der Waals surface area contributed by atoms with Gasteiger partial charge in [0.15, 0.2) is 6.61 Å². The van der Waals surface area contributed by atoms with E-state index in [9.17, 15) is 9.59 Å². The highest BCUT2D eigenvalue weighted by molar-refractivity contribution is 5.91. The van der Waals surface area contributed by atoms with Crippen molar-refractivity contribution in [1.29, 1.82) is 0 Å². The summed E-state index contributed by atoms with van der Waals surface area (Å²) in [5.41, 5.74) is 6.62. The second kappa shape index (κ2) is 8.55. The lowest BCUT2D eigenvalue weighted by atomic mass is 10.2. The maximum absolute atomic E-state index is 11.8. The van der Waals surface area contributed by atoms with E-state index < -0.39 is 5.91 Å². The summed E-state index contributed by atoms with van der Waals surface area (Å²) < 4.78 is 10.5. The zero-order valence-corrected chi connectivity index (χ0v) is 12.5. The second-order valence-electron chi connectivity index (χ2n) is 4.81. The molecule has 0 saturated heterocycles. The highest BCUT2D eigenvalue weighted by Gasteiger charge is 2.04. The highest BCUT2D eigenvalue weighted by Crippen LogP contribution is 2.15. The summed E-state index contributed by atoms with van der Waals surface area (Å²) in [7, 11) is 0. The zero-order valence-electron chi connectivity index (χ0n) is 12.5. The number of hydrogen-bond acceptors (Lipinski definition) is 4. The second-order valence-corrected chi connectivity index (χ2v) is 4.81. The molecule has 2 amide bonds. The van der Waals surface area contributed by atoms with Gasteiger partial charge < -0.3 is 20.5 Å². The van der Waals surface area contributed by atoms with E-state index in [0.29, 0.717) is 18.0 Å². The molecule has 0 aliphatic heterocycles. The molecule has 0 atom stereocenters. The van der Waals surface area contributed by atoms with Gasteiger partial charge >= 0.3 is 0 Å². The van der Waals surface area contributed by atoms with Crippen LogP contribution in [0, 0.1) is 0 Å². The first kappa shape index (κ1) is 16.5. The van der Waals surface area contributed by atoms with Crippen LogP contribution in [-0.4, -0.2) is 25.0 Å². The van der Waals surface area contributed by atoms with Crippen LogP contribution in [0.1, 0.15) is 5.56 Å². The zero-order chi connectivity index (χ0) is 16.5. The van der Waals surface area contributed by atoms with E-state index in [2.05, 4.69) is 5.32 Å². The number of benzene rings is 2. The molecule has 0 fully saturated rings. The Morgan fingerprint density at radius 3 is 2.30 bits per heavy atom. The average Bonchev–Trinajstić information content (AvgIpc) is 2.55.